The van der Waals surface area contributed by atoms with Crippen LogP contribution in [0.15, 0.2) is 5.16 Å². The number of rotatable bonds is 8. The molecule has 1 aromatic heterocycles. The lowest BCUT2D eigenvalue weighted by Crippen LogP contribution is -2.06. The quantitative estimate of drug-likeness (QED) is 0.733. The number of anilines is 1. The zero-order chi connectivity index (χ0) is 13.4. The van der Waals surface area contributed by atoms with E-state index in [0.717, 1.165) is 23.8 Å². The number of nitrogens with one attached hydrogen (secondary N) is 1. The molecule has 0 unspecified atom stereocenters. The van der Waals surface area contributed by atoms with E-state index in [2.05, 4.69) is 41.0 Å². The summed E-state index contributed by atoms with van der Waals surface area (Å²) in [5.74, 6) is 2.26. The summed E-state index contributed by atoms with van der Waals surface area (Å²) in [7, 11) is 1.79. The number of hydrogen-bond acceptors (Lipinski definition) is 6. The third-order valence-electron chi connectivity index (χ3n) is 2.18. The molecule has 0 radical (unpaired) electrons. The van der Waals surface area contributed by atoms with Crippen molar-refractivity contribution in [2.24, 2.45) is 5.92 Å². The summed E-state index contributed by atoms with van der Waals surface area (Å²) >= 11 is 1.64. The van der Waals surface area contributed by atoms with Crippen molar-refractivity contribution in [2.45, 2.75) is 38.8 Å². The Hall–Kier alpha value is -1.04. The standard InChI is InChI=1S/C12H22N4OS/c1-5-7-17-11-14-10(13-4)15-12(16-11)18-8-6-9(2)3/h9H,5-8H2,1-4H3,(H,13,14,15,16). The molecule has 6 heteroatoms. The first-order valence-electron chi connectivity index (χ1n) is 6.35. The predicted octanol–water partition coefficient (Wildman–Crippen LogP) is 2.84. The van der Waals surface area contributed by atoms with Gasteiger partial charge in [-0.25, -0.2) is 0 Å². The maximum Gasteiger partial charge on any atom is 0.322 e. The van der Waals surface area contributed by atoms with Gasteiger partial charge >= 0.3 is 6.01 Å². The minimum atomic E-state index is 0.406. The molecule has 1 heterocycles. The van der Waals surface area contributed by atoms with E-state index in [-0.39, 0.29) is 0 Å². The average molecular weight is 270 g/mol. The smallest absolute Gasteiger partial charge is 0.322 e. The maximum atomic E-state index is 5.45. The van der Waals surface area contributed by atoms with Crippen LogP contribution in [0.25, 0.3) is 0 Å². The van der Waals surface area contributed by atoms with Crippen molar-refractivity contribution < 1.29 is 4.74 Å². The zero-order valence-electron chi connectivity index (χ0n) is 11.6. The fourth-order valence-corrected chi connectivity index (χ4v) is 2.22. The average Bonchev–Trinajstić information content (AvgIpc) is 2.35. The van der Waals surface area contributed by atoms with Crippen molar-refractivity contribution in [1.29, 1.82) is 0 Å². The lowest BCUT2D eigenvalue weighted by Gasteiger charge is -2.07. The maximum absolute atomic E-state index is 5.45. The molecule has 0 aliphatic heterocycles. The summed E-state index contributed by atoms with van der Waals surface area (Å²) in [6, 6.07) is 0.406. The first kappa shape index (κ1) is 15.0. The minimum absolute atomic E-state index is 0.406. The number of nitrogens with zero attached hydrogens (tertiary/aromatic N) is 3. The lowest BCUT2D eigenvalue weighted by atomic mass is 10.2. The van der Waals surface area contributed by atoms with E-state index < -0.39 is 0 Å². The van der Waals surface area contributed by atoms with E-state index >= 15 is 0 Å². The van der Waals surface area contributed by atoms with Gasteiger partial charge in [0, 0.05) is 12.8 Å². The summed E-state index contributed by atoms with van der Waals surface area (Å²) in [4.78, 5) is 12.8. The SMILES string of the molecule is CCCOc1nc(NC)nc(SCCC(C)C)n1. The highest BCUT2D eigenvalue weighted by Crippen LogP contribution is 2.19. The summed E-state index contributed by atoms with van der Waals surface area (Å²) in [6.45, 7) is 7.10. The molecule has 5 nitrogen and oxygen atoms in total. The second-order valence-corrected chi connectivity index (χ2v) is 5.42. The van der Waals surface area contributed by atoms with Crippen LogP contribution in [0.5, 0.6) is 6.01 Å². The molecule has 0 saturated carbocycles. The van der Waals surface area contributed by atoms with Crippen molar-refractivity contribution in [2.75, 3.05) is 24.7 Å². The summed E-state index contributed by atoms with van der Waals surface area (Å²) in [6.07, 6.45) is 2.09. The lowest BCUT2D eigenvalue weighted by molar-refractivity contribution is 0.288. The second kappa shape index (κ2) is 8.13. The van der Waals surface area contributed by atoms with E-state index in [4.69, 9.17) is 4.74 Å². The molecule has 0 aliphatic rings. The molecule has 1 N–H and O–H groups in total. The summed E-state index contributed by atoms with van der Waals surface area (Å²) in [5, 5.41) is 3.65. The molecule has 0 aromatic carbocycles. The molecule has 0 atom stereocenters. The Balaban J connectivity index is 2.64. The molecule has 102 valence electrons. The third kappa shape index (κ3) is 5.53. The van der Waals surface area contributed by atoms with Crippen LogP contribution in [0.4, 0.5) is 5.95 Å². The molecule has 0 fully saturated rings. The van der Waals surface area contributed by atoms with Crippen molar-refractivity contribution in [1.82, 2.24) is 15.0 Å². The minimum Gasteiger partial charge on any atom is -0.463 e. The van der Waals surface area contributed by atoms with Gasteiger partial charge in [-0.2, -0.15) is 15.0 Å². The number of ether oxygens (including phenoxy) is 1. The topological polar surface area (TPSA) is 59.9 Å². The van der Waals surface area contributed by atoms with Gasteiger partial charge < -0.3 is 10.1 Å². The first-order chi connectivity index (χ1) is 8.65. The number of thioether (sulfide) groups is 1. The van der Waals surface area contributed by atoms with Crippen molar-refractivity contribution in [3.63, 3.8) is 0 Å². The van der Waals surface area contributed by atoms with E-state index in [9.17, 15) is 0 Å². The van der Waals surface area contributed by atoms with E-state index in [1.165, 1.54) is 0 Å². The van der Waals surface area contributed by atoms with Crippen molar-refractivity contribution in [3.05, 3.63) is 0 Å². The van der Waals surface area contributed by atoms with Crippen LogP contribution < -0.4 is 10.1 Å². The highest BCUT2D eigenvalue weighted by molar-refractivity contribution is 7.99. The largest absolute Gasteiger partial charge is 0.463 e. The van der Waals surface area contributed by atoms with Gasteiger partial charge in [-0.1, -0.05) is 32.5 Å². The van der Waals surface area contributed by atoms with Gasteiger partial charge in [0.2, 0.25) is 5.95 Å². The van der Waals surface area contributed by atoms with Crippen molar-refractivity contribution in [3.8, 4) is 6.01 Å². The summed E-state index contributed by atoms with van der Waals surface area (Å²) in [5.41, 5.74) is 0. The molecule has 0 spiro atoms. The van der Waals surface area contributed by atoms with Gasteiger partial charge in [0.05, 0.1) is 6.61 Å². The highest BCUT2D eigenvalue weighted by Gasteiger charge is 2.07. The molecule has 1 aromatic rings. The zero-order valence-corrected chi connectivity index (χ0v) is 12.4. The monoisotopic (exact) mass is 270 g/mol. The van der Waals surface area contributed by atoms with E-state index in [1.807, 2.05) is 0 Å². The Bertz CT molecular complexity index is 360. The highest BCUT2D eigenvalue weighted by atomic mass is 32.2. The fourth-order valence-electron chi connectivity index (χ4n) is 1.16. The molecule has 0 aliphatic carbocycles. The van der Waals surface area contributed by atoms with Crippen molar-refractivity contribution >= 4 is 17.7 Å². The molecule has 1 rings (SSSR count). The first-order valence-corrected chi connectivity index (χ1v) is 7.33. The molecule has 18 heavy (non-hydrogen) atoms. The van der Waals surface area contributed by atoms with Gasteiger partial charge in [-0.15, -0.1) is 0 Å². The van der Waals surface area contributed by atoms with Crippen LogP contribution in [-0.4, -0.2) is 34.4 Å². The molecular formula is C12H22N4OS. The Labute approximate surface area is 113 Å². The normalized spacial score (nSPS) is 10.7. The Kier molecular flexibility index (Phi) is 6.78. The van der Waals surface area contributed by atoms with Gasteiger partial charge in [-0.3, -0.25) is 0 Å². The van der Waals surface area contributed by atoms with Gasteiger partial charge in [0.25, 0.3) is 0 Å². The van der Waals surface area contributed by atoms with Gasteiger partial charge in [0.1, 0.15) is 0 Å². The van der Waals surface area contributed by atoms with Crippen LogP contribution in [0.3, 0.4) is 0 Å². The van der Waals surface area contributed by atoms with Crippen LogP contribution in [0.1, 0.15) is 33.6 Å². The van der Waals surface area contributed by atoms with E-state index in [0.29, 0.717) is 24.5 Å². The van der Waals surface area contributed by atoms with Gasteiger partial charge in [-0.05, 0) is 18.8 Å². The molecule has 0 amide bonds. The predicted molar refractivity (Wildman–Crippen MR) is 75.3 cm³/mol. The molecule has 0 saturated heterocycles. The van der Waals surface area contributed by atoms with Crippen LogP contribution >= 0.6 is 11.8 Å². The Morgan fingerprint density at radius 1 is 1.28 bits per heavy atom. The number of hydrogen-bond donors (Lipinski definition) is 1. The second-order valence-electron chi connectivity index (χ2n) is 4.35. The Morgan fingerprint density at radius 2 is 2.06 bits per heavy atom. The Morgan fingerprint density at radius 3 is 2.67 bits per heavy atom. The molecular weight excluding hydrogens is 248 g/mol. The number of aromatic nitrogens is 3. The summed E-state index contributed by atoms with van der Waals surface area (Å²) < 4.78 is 5.45. The molecule has 0 bridgehead atoms. The fraction of sp³-hybridized carbons (Fsp3) is 0.750. The van der Waals surface area contributed by atoms with Crippen LogP contribution in [0.2, 0.25) is 0 Å². The van der Waals surface area contributed by atoms with E-state index in [1.54, 1.807) is 18.8 Å². The van der Waals surface area contributed by atoms with Crippen LogP contribution in [0, 0.1) is 5.92 Å². The van der Waals surface area contributed by atoms with Crippen LogP contribution in [-0.2, 0) is 0 Å². The van der Waals surface area contributed by atoms with Gasteiger partial charge in [0.15, 0.2) is 5.16 Å². The third-order valence-corrected chi connectivity index (χ3v) is 3.06.